The molecular formula is C22H21BrN2O4. The fraction of sp³-hybridized carbons (Fsp3) is 0.182. The number of nitrogens with zero attached hydrogens (tertiary/aromatic N) is 1. The van der Waals surface area contributed by atoms with Crippen LogP contribution in [0, 0.1) is 17.0 Å². The lowest BCUT2D eigenvalue weighted by Crippen LogP contribution is -2.03. The third-order valence-electron chi connectivity index (χ3n) is 4.33. The van der Waals surface area contributed by atoms with Crippen LogP contribution in [-0.2, 0) is 13.2 Å². The molecule has 150 valence electrons. The largest absolute Gasteiger partial charge is 0.493 e. The van der Waals surface area contributed by atoms with E-state index in [0.29, 0.717) is 18.0 Å². The van der Waals surface area contributed by atoms with E-state index < -0.39 is 4.92 Å². The van der Waals surface area contributed by atoms with Gasteiger partial charge in [0.1, 0.15) is 6.61 Å². The van der Waals surface area contributed by atoms with Crippen molar-refractivity contribution >= 4 is 27.3 Å². The van der Waals surface area contributed by atoms with Crippen molar-refractivity contribution in [3.05, 3.63) is 91.9 Å². The second-order valence-corrected chi connectivity index (χ2v) is 7.40. The number of methoxy groups -OCH3 is 1. The summed E-state index contributed by atoms with van der Waals surface area (Å²) in [5, 5.41) is 14.2. The number of benzene rings is 3. The molecule has 3 aromatic carbocycles. The maximum atomic E-state index is 10.8. The molecule has 0 radical (unpaired) electrons. The number of nitro benzene ring substituents is 1. The maximum absolute atomic E-state index is 10.8. The molecule has 0 heterocycles. The zero-order chi connectivity index (χ0) is 20.8. The van der Waals surface area contributed by atoms with E-state index in [9.17, 15) is 10.1 Å². The summed E-state index contributed by atoms with van der Waals surface area (Å²) >= 11 is 3.56. The van der Waals surface area contributed by atoms with Gasteiger partial charge in [-0.25, -0.2) is 0 Å². The smallest absolute Gasteiger partial charge is 0.269 e. The van der Waals surface area contributed by atoms with Crippen molar-refractivity contribution in [2.24, 2.45) is 0 Å². The predicted octanol–water partition coefficient (Wildman–Crippen LogP) is 5.87. The van der Waals surface area contributed by atoms with Gasteiger partial charge in [-0.15, -0.1) is 0 Å². The number of anilines is 1. The standard InChI is InChI=1S/C22H21BrN2O4/c1-15-4-3-5-18(10-15)24-13-17-11-20(23)22(21(12-17)28-2)29-14-16-6-8-19(9-7-16)25(26)27/h3-12,24H,13-14H2,1-2H3. The molecule has 0 atom stereocenters. The van der Waals surface area contributed by atoms with Crippen molar-refractivity contribution < 1.29 is 14.4 Å². The van der Waals surface area contributed by atoms with Crippen LogP contribution in [0.15, 0.2) is 65.1 Å². The molecule has 7 heteroatoms. The highest BCUT2D eigenvalue weighted by Crippen LogP contribution is 2.37. The summed E-state index contributed by atoms with van der Waals surface area (Å²) in [6.07, 6.45) is 0. The van der Waals surface area contributed by atoms with Gasteiger partial charge in [0.05, 0.1) is 16.5 Å². The topological polar surface area (TPSA) is 73.6 Å². The first kappa shape index (κ1) is 20.7. The van der Waals surface area contributed by atoms with Gasteiger partial charge in [0, 0.05) is 24.4 Å². The fourth-order valence-electron chi connectivity index (χ4n) is 2.84. The summed E-state index contributed by atoms with van der Waals surface area (Å²) in [5.74, 6) is 1.20. The number of ether oxygens (including phenoxy) is 2. The molecule has 0 unspecified atom stereocenters. The zero-order valence-electron chi connectivity index (χ0n) is 16.1. The summed E-state index contributed by atoms with van der Waals surface area (Å²) in [6, 6.07) is 18.4. The summed E-state index contributed by atoms with van der Waals surface area (Å²) in [6.45, 7) is 2.97. The lowest BCUT2D eigenvalue weighted by Gasteiger charge is -2.15. The average molecular weight is 457 g/mol. The van der Waals surface area contributed by atoms with Gasteiger partial charge in [-0.05, 0) is 75.9 Å². The van der Waals surface area contributed by atoms with Crippen LogP contribution in [0.3, 0.4) is 0 Å². The Morgan fingerprint density at radius 1 is 1.07 bits per heavy atom. The van der Waals surface area contributed by atoms with Gasteiger partial charge < -0.3 is 14.8 Å². The van der Waals surface area contributed by atoms with Crippen LogP contribution in [0.1, 0.15) is 16.7 Å². The molecule has 0 aliphatic heterocycles. The van der Waals surface area contributed by atoms with Crippen molar-refractivity contribution in [2.45, 2.75) is 20.1 Å². The van der Waals surface area contributed by atoms with Crippen LogP contribution in [0.5, 0.6) is 11.5 Å². The highest BCUT2D eigenvalue weighted by molar-refractivity contribution is 9.10. The van der Waals surface area contributed by atoms with Crippen molar-refractivity contribution in [3.8, 4) is 11.5 Å². The molecule has 0 spiro atoms. The second-order valence-electron chi connectivity index (χ2n) is 6.54. The first-order chi connectivity index (χ1) is 14.0. The molecule has 1 N–H and O–H groups in total. The SMILES string of the molecule is COc1cc(CNc2cccc(C)c2)cc(Br)c1OCc1ccc([N+](=O)[O-])cc1. The van der Waals surface area contributed by atoms with E-state index >= 15 is 0 Å². The van der Waals surface area contributed by atoms with Crippen LogP contribution in [0.25, 0.3) is 0 Å². The van der Waals surface area contributed by atoms with E-state index in [1.54, 1.807) is 19.2 Å². The predicted molar refractivity (Wildman–Crippen MR) is 117 cm³/mol. The van der Waals surface area contributed by atoms with Crippen molar-refractivity contribution in [1.82, 2.24) is 0 Å². The molecule has 0 saturated heterocycles. The minimum atomic E-state index is -0.423. The fourth-order valence-corrected chi connectivity index (χ4v) is 3.45. The third-order valence-corrected chi connectivity index (χ3v) is 4.92. The molecule has 3 rings (SSSR count). The first-order valence-electron chi connectivity index (χ1n) is 8.99. The number of rotatable bonds is 8. The molecular weight excluding hydrogens is 436 g/mol. The van der Waals surface area contributed by atoms with Crippen LogP contribution in [0.2, 0.25) is 0 Å². The lowest BCUT2D eigenvalue weighted by atomic mass is 10.1. The molecule has 0 fully saturated rings. The molecule has 29 heavy (non-hydrogen) atoms. The van der Waals surface area contributed by atoms with E-state index in [1.807, 2.05) is 24.3 Å². The average Bonchev–Trinajstić information content (AvgIpc) is 2.71. The minimum Gasteiger partial charge on any atom is -0.493 e. The Morgan fingerprint density at radius 3 is 2.48 bits per heavy atom. The second kappa shape index (κ2) is 9.43. The summed E-state index contributed by atoms with van der Waals surface area (Å²) in [4.78, 5) is 10.3. The van der Waals surface area contributed by atoms with Crippen molar-refractivity contribution in [2.75, 3.05) is 12.4 Å². The molecule has 3 aromatic rings. The van der Waals surface area contributed by atoms with Gasteiger partial charge in [0.25, 0.3) is 5.69 Å². The Labute approximate surface area is 177 Å². The summed E-state index contributed by atoms with van der Waals surface area (Å²) in [7, 11) is 1.60. The van der Waals surface area contributed by atoms with Gasteiger partial charge >= 0.3 is 0 Å². The number of nitrogens with one attached hydrogen (secondary N) is 1. The van der Waals surface area contributed by atoms with E-state index in [0.717, 1.165) is 21.3 Å². The Bertz CT molecular complexity index is 1010. The number of halogens is 1. The van der Waals surface area contributed by atoms with Crippen LogP contribution in [0.4, 0.5) is 11.4 Å². The van der Waals surface area contributed by atoms with Crippen LogP contribution < -0.4 is 14.8 Å². The Morgan fingerprint density at radius 2 is 1.83 bits per heavy atom. The van der Waals surface area contributed by atoms with E-state index in [1.165, 1.54) is 17.7 Å². The number of hydrogen-bond acceptors (Lipinski definition) is 5. The quantitative estimate of drug-likeness (QED) is 0.339. The molecule has 0 aliphatic rings. The van der Waals surface area contributed by atoms with Gasteiger partial charge in [-0.2, -0.15) is 0 Å². The molecule has 0 saturated carbocycles. The van der Waals surface area contributed by atoms with Gasteiger partial charge in [0.15, 0.2) is 11.5 Å². The first-order valence-corrected chi connectivity index (χ1v) is 9.78. The monoisotopic (exact) mass is 456 g/mol. The molecule has 0 amide bonds. The molecule has 0 aliphatic carbocycles. The normalized spacial score (nSPS) is 10.4. The van der Waals surface area contributed by atoms with Crippen LogP contribution in [-0.4, -0.2) is 12.0 Å². The molecule has 6 nitrogen and oxygen atoms in total. The Kier molecular flexibility index (Phi) is 6.72. The third kappa shape index (κ3) is 5.48. The number of nitro groups is 1. The maximum Gasteiger partial charge on any atom is 0.269 e. The van der Waals surface area contributed by atoms with Gasteiger partial charge in [-0.1, -0.05) is 12.1 Å². The highest BCUT2D eigenvalue weighted by Gasteiger charge is 2.13. The zero-order valence-corrected chi connectivity index (χ0v) is 17.7. The highest BCUT2D eigenvalue weighted by atomic mass is 79.9. The minimum absolute atomic E-state index is 0.0537. The number of hydrogen-bond donors (Lipinski definition) is 1. The Balaban J connectivity index is 1.70. The van der Waals surface area contributed by atoms with Gasteiger partial charge in [0.2, 0.25) is 0 Å². The number of aryl methyl sites for hydroxylation is 1. The van der Waals surface area contributed by atoms with Crippen LogP contribution >= 0.6 is 15.9 Å². The summed E-state index contributed by atoms with van der Waals surface area (Å²) < 4.78 is 12.2. The Hall–Kier alpha value is -3.06. The summed E-state index contributed by atoms with van der Waals surface area (Å²) in [5.41, 5.74) is 4.17. The van der Waals surface area contributed by atoms with E-state index in [4.69, 9.17) is 9.47 Å². The van der Waals surface area contributed by atoms with Crippen molar-refractivity contribution in [3.63, 3.8) is 0 Å². The molecule has 0 bridgehead atoms. The van der Waals surface area contributed by atoms with Crippen molar-refractivity contribution in [1.29, 1.82) is 0 Å². The van der Waals surface area contributed by atoms with Gasteiger partial charge in [-0.3, -0.25) is 10.1 Å². The van der Waals surface area contributed by atoms with E-state index in [-0.39, 0.29) is 12.3 Å². The van der Waals surface area contributed by atoms with E-state index in [2.05, 4.69) is 40.3 Å². The number of non-ortho nitro benzene ring substituents is 1. The lowest BCUT2D eigenvalue weighted by molar-refractivity contribution is -0.384. The molecule has 0 aromatic heterocycles.